The number of esters is 1. The van der Waals surface area contributed by atoms with Crippen molar-refractivity contribution in [3.63, 3.8) is 0 Å². The molecule has 3 aromatic carbocycles. The maximum absolute atomic E-state index is 14.1. The molecule has 0 fully saturated rings. The van der Waals surface area contributed by atoms with E-state index in [1.165, 1.54) is 18.1 Å². The summed E-state index contributed by atoms with van der Waals surface area (Å²) in [5, 5.41) is 3.15. The van der Waals surface area contributed by atoms with E-state index in [0.29, 0.717) is 33.5 Å². The lowest BCUT2D eigenvalue weighted by Crippen LogP contribution is -2.42. The first-order valence-electron chi connectivity index (χ1n) is 15.5. The van der Waals surface area contributed by atoms with E-state index in [-0.39, 0.29) is 29.0 Å². The molecule has 11 heteroatoms. The largest absolute Gasteiger partial charge is 0.480 e. The lowest BCUT2D eigenvalue weighted by molar-refractivity contribution is -0.143. The number of nitrogens with one attached hydrogen (secondary N) is 1. The maximum atomic E-state index is 14.1. The molecule has 0 unspecified atom stereocenters. The predicted molar refractivity (Wildman–Crippen MR) is 201 cm³/mol. The van der Waals surface area contributed by atoms with Crippen LogP contribution in [-0.2, 0) is 30.3 Å². The van der Waals surface area contributed by atoms with Gasteiger partial charge in [0.1, 0.15) is 11.3 Å². The third kappa shape index (κ3) is 9.67. The molecular formula is C39H36BrN3O6S. The van der Waals surface area contributed by atoms with Crippen LogP contribution >= 0.6 is 27.7 Å². The van der Waals surface area contributed by atoms with Crippen LogP contribution in [0.5, 0.6) is 5.75 Å². The predicted octanol–water partition coefficient (Wildman–Crippen LogP) is 7.12. The molecule has 0 aromatic heterocycles. The Bertz CT molecular complexity index is 1850. The second-order valence-corrected chi connectivity index (χ2v) is 12.5. The Morgan fingerprint density at radius 2 is 1.70 bits per heavy atom. The quantitative estimate of drug-likeness (QED) is 0.0613. The van der Waals surface area contributed by atoms with Crippen molar-refractivity contribution in [2.75, 3.05) is 19.5 Å². The third-order valence-corrected chi connectivity index (χ3v) is 8.82. The van der Waals surface area contributed by atoms with Gasteiger partial charge in [-0.2, -0.15) is 4.99 Å². The van der Waals surface area contributed by atoms with Gasteiger partial charge in [0, 0.05) is 5.70 Å². The van der Waals surface area contributed by atoms with E-state index >= 15 is 0 Å². The van der Waals surface area contributed by atoms with Crippen molar-refractivity contribution < 1.29 is 28.7 Å². The number of hydrogen-bond acceptors (Lipinski definition) is 7. The van der Waals surface area contributed by atoms with Crippen molar-refractivity contribution in [3.05, 3.63) is 154 Å². The van der Waals surface area contributed by atoms with Gasteiger partial charge in [-0.1, -0.05) is 103 Å². The van der Waals surface area contributed by atoms with Crippen molar-refractivity contribution in [1.82, 2.24) is 10.2 Å². The number of ether oxygens (including phenoxy) is 2. The Morgan fingerprint density at radius 3 is 2.28 bits per heavy atom. The minimum Gasteiger partial charge on any atom is -0.480 e. The van der Waals surface area contributed by atoms with Crippen molar-refractivity contribution in [2.24, 2.45) is 4.99 Å². The highest BCUT2D eigenvalue weighted by Gasteiger charge is 2.35. The van der Waals surface area contributed by atoms with E-state index in [2.05, 4.69) is 44.1 Å². The number of methoxy groups -OCH3 is 1. The number of hydrogen-bond donors (Lipinski definition) is 1. The molecule has 0 atom stereocenters. The molecule has 3 aromatic rings. The smallest absolute Gasteiger partial charge is 0.343 e. The normalized spacial score (nSPS) is 14.2. The van der Waals surface area contributed by atoms with E-state index in [4.69, 9.17) is 4.74 Å². The lowest BCUT2D eigenvalue weighted by Gasteiger charge is -2.28. The average Bonchev–Trinajstić information content (AvgIpc) is 3.12. The fourth-order valence-electron chi connectivity index (χ4n) is 4.98. The number of thioether (sulfide) groups is 1. The van der Waals surface area contributed by atoms with Gasteiger partial charge in [0.2, 0.25) is 5.91 Å². The molecule has 0 aliphatic carbocycles. The molecular weight excluding hydrogens is 718 g/mol. The molecule has 1 aliphatic heterocycles. The standard InChI is InChI=1S/C39H36BrN3O6S/c1-5-8-20-30(7-3)43-38(47)31(22-26-21-29(15-6-2)36(32(40)23-26)49-24-34(45)48-4)37(46)42-39(43)50-25-33(44)41-35(27-16-11-9-12-17-27)28-18-13-10-14-19-28/h5-14,16-23,35H,1-2,15,24-25H2,3-4H3,(H,41,44)/b20-8-,30-7+,31-22+. The van der Waals surface area contributed by atoms with Gasteiger partial charge in [-0.15, -0.1) is 6.58 Å². The molecule has 0 saturated carbocycles. The third-order valence-electron chi connectivity index (χ3n) is 7.29. The second-order valence-electron chi connectivity index (χ2n) is 10.7. The summed E-state index contributed by atoms with van der Waals surface area (Å²) >= 11 is 4.47. The first-order valence-corrected chi connectivity index (χ1v) is 17.3. The molecule has 0 radical (unpaired) electrons. The number of allylic oxidation sites excluding steroid dienone is 5. The number of halogens is 1. The van der Waals surface area contributed by atoms with E-state index in [0.717, 1.165) is 22.9 Å². The highest BCUT2D eigenvalue weighted by Crippen LogP contribution is 2.34. The van der Waals surface area contributed by atoms with Crippen LogP contribution in [0.15, 0.2) is 137 Å². The van der Waals surface area contributed by atoms with Crippen LogP contribution in [0.4, 0.5) is 0 Å². The van der Waals surface area contributed by atoms with Crippen LogP contribution in [-0.4, -0.2) is 53.2 Å². The van der Waals surface area contributed by atoms with E-state index in [1.807, 2.05) is 60.7 Å². The number of aliphatic imine (C=N–C) groups is 1. The number of amides is 3. The van der Waals surface area contributed by atoms with Gasteiger partial charge in [-0.05, 0) is 75.8 Å². The molecule has 50 heavy (non-hydrogen) atoms. The second kappa shape index (κ2) is 18.5. The number of rotatable bonds is 14. The Hall–Kier alpha value is -5.26. The van der Waals surface area contributed by atoms with Crippen molar-refractivity contribution in [1.29, 1.82) is 0 Å². The molecule has 3 amide bonds. The van der Waals surface area contributed by atoms with Crippen LogP contribution in [0, 0.1) is 0 Å². The number of carbonyl (C=O) groups is 4. The zero-order chi connectivity index (χ0) is 36.0. The molecule has 1 aliphatic rings. The van der Waals surface area contributed by atoms with E-state index in [9.17, 15) is 19.2 Å². The van der Waals surface area contributed by atoms with Crippen molar-refractivity contribution >= 4 is 62.6 Å². The van der Waals surface area contributed by atoms with Crippen LogP contribution in [0.25, 0.3) is 6.08 Å². The molecule has 0 saturated heterocycles. The van der Waals surface area contributed by atoms with Crippen molar-refractivity contribution in [2.45, 2.75) is 19.4 Å². The SMILES string of the molecule is C=C/C=C\C(=C/C)N1C(=O)/C(=C/c2cc(Br)c(OCC(=O)OC)c(CC=C)c2)C(=O)N=C1SCC(=O)NC(c1ccccc1)c1ccccc1. The van der Waals surface area contributed by atoms with Crippen LogP contribution in [0.2, 0.25) is 0 Å². The molecule has 1 N–H and O–H groups in total. The van der Waals surface area contributed by atoms with Gasteiger partial charge in [0.15, 0.2) is 11.8 Å². The van der Waals surface area contributed by atoms with Crippen LogP contribution in [0.3, 0.4) is 0 Å². The maximum Gasteiger partial charge on any atom is 0.343 e. The Labute approximate surface area is 304 Å². The summed E-state index contributed by atoms with van der Waals surface area (Å²) in [4.78, 5) is 58.3. The topological polar surface area (TPSA) is 114 Å². The minimum absolute atomic E-state index is 0.0603. The summed E-state index contributed by atoms with van der Waals surface area (Å²) in [5.41, 5.74) is 3.24. The van der Waals surface area contributed by atoms with E-state index < -0.39 is 23.8 Å². The highest BCUT2D eigenvalue weighted by atomic mass is 79.9. The molecule has 0 bridgehead atoms. The zero-order valence-electron chi connectivity index (χ0n) is 27.6. The number of nitrogens with zero attached hydrogens (tertiary/aromatic N) is 2. The summed E-state index contributed by atoms with van der Waals surface area (Å²) in [6.45, 7) is 8.96. The average molecular weight is 755 g/mol. The molecule has 4 rings (SSSR count). The Morgan fingerprint density at radius 1 is 1.04 bits per heavy atom. The first-order chi connectivity index (χ1) is 24.2. The zero-order valence-corrected chi connectivity index (χ0v) is 30.0. The van der Waals surface area contributed by atoms with Gasteiger partial charge in [-0.3, -0.25) is 19.3 Å². The molecule has 1 heterocycles. The van der Waals surface area contributed by atoms with Gasteiger partial charge in [0.05, 0.1) is 23.4 Å². The van der Waals surface area contributed by atoms with Gasteiger partial charge >= 0.3 is 5.97 Å². The number of carbonyl (C=O) groups excluding carboxylic acids is 4. The van der Waals surface area contributed by atoms with Crippen LogP contribution < -0.4 is 10.1 Å². The summed E-state index contributed by atoms with van der Waals surface area (Å²) in [6, 6.07) is 22.2. The van der Waals surface area contributed by atoms with E-state index in [1.54, 1.807) is 49.4 Å². The fourth-order valence-corrected chi connectivity index (χ4v) is 6.42. The summed E-state index contributed by atoms with van der Waals surface area (Å²) in [7, 11) is 1.27. The minimum atomic E-state index is -0.754. The van der Waals surface area contributed by atoms with Gasteiger partial charge in [0.25, 0.3) is 11.8 Å². The lowest BCUT2D eigenvalue weighted by atomic mass is 9.99. The first kappa shape index (κ1) is 37.6. The molecule has 256 valence electrons. The molecule has 0 spiro atoms. The Kier molecular flexibility index (Phi) is 13.9. The highest BCUT2D eigenvalue weighted by molar-refractivity contribution is 9.10. The number of amidine groups is 1. The van der Waals surface area contributed by atoms with Gasteiger partial charge in [-0.25, -0.2) is 4.79 Å². The fraction of sp³-hybridized carbons (Fsp3) is 0.154. The summed E-state index contributed by atoms with van der Waals surface area (Å²) < 4.78 is 10.9. The van der Waals surface area contributed by atoms with Crippen LogP contribution in [0.1, 0.15) is 35.2 Å². The number of benzene rings is 3. The summed E-state index contributed by atoms with van der Waals surface area (Å²) in [5.74, 6) is -1.94. The van der Waals surface area contributed by atoms with Gasteiger partial charge < -0.3 is 14.8 Å². The summed E-state index contributed by atoms with van der Waals surface area (Å²) in [6.07, 6.45) is 10.1. The Balaban J connectivity index is 1.65. The monoisotopic (exact) mass is 753 g/mol. The van der Waals surface area contributed by atoms with Crippen molar-refractivity contribution in [3.8, 4) is 5.75 Å². The molecule has 9 nitrogen and oxygen atoms in total.